The minimum absolute atomic E-state index is 0.677. The topological polar surface area (TPSA) is 9.23 Å². The summed E-state index contributed by atoms with van der Waals surface area (Å²) in [6, 6.07) is 18.3. The summed E-state index contributed by atoms with van der Waals surface area (Å²) in [5.74, 6) is 0.920. The van der Waals surface area contributed by atoms with Gasteiger partial charge in [0.05, 0.1) is 6.61 Å². The second kappa shape index (κ2) is 7.02. The summed E-state index contributed by atoms with van der Waals surface area (Å²) < 4.78 is 5.68. The van der Waals surface area contributed by atoms with Gasteiger partial charge in [-0.2, -0.15) is 0 Å². The molecule has 92 valence electrons. The smallest absolute Gasteiger partial charge is 0.126 e. The molecule has 0 aromatic heterocycles. The normalized spacial score (nSPS) is 10.7. The van der Waals surface area contributed by atoms with Crippen LogP contribution in [0.4, 0.5) is 0 Å². The lowest BCUT2D eigenvalue weighted by atomic mass is 10.1. The van der Waals surface area contributed by atoms with Crippen LogP contribution in [0.25, 0.3) is 12.2 Å². The van der Waals surface area contributed by atoms with E-state index in [0.29, 0.717) is 6.61 Å². The lowest BCUT2D eigenvalue weighted by Crippen LogP contribution is -1.98. The second-order valence-electron chi connectivity index (χ2n) is 3.82. The third kappa shape index (κ3) is 3.74. The Morgan fingerprint density at radius 1 is 0.889 bits per heavy atom. The molecule has 0 radical (unpaired) electrons. The molecule has 0 saturated carbocycles. The number of hydrogen-bond donors (Lipinski definition) is 0. The predicted octanol–water partition coefficient (Wildman–Crippen LogP) is 4.63. The Balaban J connectivity index is 2.15. The quantitative estimate of drug-likeness (QED) is 0.578. The highest BCUT2D eigenvalue weighted by molar-refractivity contribution is 9.09. The Hall–Kier alpha value is -1.54. The van der Waals surface area contributed by atoms with E-state index in [1.807, 2.05) is 36.4 Å². The summed E-state index contributed by atoms with van der Waals surface area (Å²) in [5.41, 5.74) is 2.29. The molecule has 0 unspecified atom stereocenters. The maximum absolute atomic E-state index is 5.68. The highest BCUT2D eigenvalue weighted by Crippen LogP contribution is 2.20. The van der Waals surface area contributed by atoms with Gasteiger partial charge >= 0.3 is 0 Å². The first-order chi connectivity index (χ1) is 8.90. The molecule has 18 heavy (non-hydrogen) atoms. The minimum atomic E-state index is 0.677. The molecule has 2 aromatic carbocycles. The van der Waals surface area contributed by atoms with Gasteiger partial charge in [-0.3, -0.25) is 0 Å². The van der Waals surface area contributed by atoms with Crippen LogP contribution in [-0.4, -0.2) is 11.9 Å². The maximum atomic E-state index is 5.68. The molecule has 0 amide bonds. The molecule has 0 aliphatic heterocycles. The van der Waals surface area contributed by atoms with Crippen molar-refractivity contribution in [1.82, 2.24) is 0 Å². The third-order valence-electron chi connectivity index (χ3n) is 2.51. The average molecular weight is 303 g/mol. The van der Waals surface area contributed by atoms with Crippen LogP contribution in [0.5, 0.6) is 5.75 Å². The van der Waals surface area contributed by atoms with Crippen LogP contribution in [0.15, 0.2) is 54.6 Å². The molecule has 0 fully saturated rings. The highest BCUT2D eigenvalue weighted by Gasteiger charge is 1.98. The number of benzene rings is 2. The van der Waals surface area contributed by atoms with Crippen molar-refractivity contribution >= 4 is 28.1 Å². The Kier molecular flexibility index (Phi) is 5.03. The fourth-order valence-corrected chi connectivity index (χ4v) is 1.81. The van der Waals surface area contributed by atoms with Crippen molar-refractivity contribution in [3.63, 3.8) is 0 Å². The third-order valence-corrected chi connectivity index (χ3v) is 2.83. The van der Waals surface area contributed by atoms with Gasteiger partial charge in [-0.25, -0.2) is 0 Å². The zero-order valence-electron chi connectivity index (χ0n) is 10.1. The van der Waals surface area contributed by atoms with Crippen LogP contribution in [0.2, 0.25) is 0 Å². The first kappa shape index (κ1) is 12.9. The van der Waals surface area contributed by atoms with Crippen molar-refractivity contribution in [3.8, 4) is 5.75 Å². The van der Waals surface area contributed by atoms with Gasteiger partial charge in [0.1, 0.15) is 5.75 Å². The predicted molar refractivity (Wildman–Crippen MR) is 81.1 cm³/mol. The van der Waals surface area contributed by atoms with Crippen LogP contribution >= 0.6 is 15.9 Å². The van der Waals surface area contributed by atoms with E-state index in [1.165, 1.54) is 5.56 Å². The van der Waals surface area contributed by atoms with E-state index < -0.39 is 0 Å². The summed E-state index contributed by atoms with van der Waals surface area (Å²) in [6.45, 7) is 0.677. The summed E-state index contributed by atoms with van der Waals surface area (Å²) in [6.07, 6.45) is 4.18. The van der Waals surface area contributed by atoms with Crippen molar-refractivity contribution < 1.29 is 4.74 Å². The van der Waals surface area contributed by atoms with Gasteiger partial charge in [0.2, 0.25) is 0 Å². The number of halogens is 1. The van der Waals surface area contributed by atoms with E-state index in [1.54, 1.807) is 0 Å². The number of ether oxygens (including phenoxy) is 1. The lowest BCUT2D eigenvalue weighted by molar-refractivity contribution is 0.344. The summed E-state index contributed by atoms with van der Waals surface area (Å²) in [5, 5.41) is 0.837. The average Bonchev–Trinajstić information content (AvgIpc) is 2.45. The van der Waals surface area contributed by atoms with Crippen LogP contribution < -0.4 is 4.74 Å². The molecule has 0 bridgehead atoms. The summed E-state index contributed by atoms with van der Waals surface area (Å²) >= 11 is 3.36. The van der Waals surface area contributed by atoms with Crippen LogP contribution in [0.3, 0.4) is 0 Å². The van der Waals surface area contributed by atoms with Crippen molar-refractivity contribution in [3.05, 3.63) is 65.7 Å². The number of alkyl halides is 1. The Labute approximate surface area is 116 Å². The van der Waals surface area contributed by atoms with E-state index in [4.69, 9.17) is 4.74 Å². The van der Waals surface area contributed by atoms with Crippen LogP contribution in [0.1, 0.15) is 11.1 Å². The van der Waals surface area contributed by atoms with E-state index in [-0.39, 0.29) is 0 Å². The molecular formula is C16H15BrO. The molecular weight excluding hydrogens is 288 g/mol. The molecule has 0 N–H and O–H groups in total. The zero-order valence-corrected chi connectivity index (χ0v) is 11.6. The Morgan fingerprint density at radius 2 is 1.61 bits per heavy atom. The monoisotopic (exact) mass is 302 g/mol. The summed E-state index contributed by atoms with van der Waals surface area (Å²) in [4.78, 5) is 0. The first-order valence-corrected chi connectivity index (χ1v) is 7.03. The van der Waals surface area contributed by atoms with E-state index >= 15 is 0 Å². The van der Waals surface area contributed by atoms with E-state index in [9.17, 15) is 0 Å². The molecule has 0 heterocycles. The van der Waals surface area contributed by atoms with Crippen molar-refractivity contribution in [2.75, 3.05) is 11.9 Å². The van der Waals surface area contributed by atoms with Crippen LogP contribution in [0, 0.1) is 0 Å². The largest absolute Gasteiger partial charge is 0.492 e. The zero-order chi connectivity index (χ0) is 12.6. The van der Waals surface area contributed by atoms with Gasteiger partial charge in [-0.05, 0) is 11.6 Å². The van der Waals surface area contributed by atoms with Gasteiger partial charge in [0.15, 0.2) is 0 Å². The molecule has 2 rings (SSSR count). The van der Waals surface area contributed by atoms with Gasteiger partial charge in [0.25, 0.3) is 0 Å². The highest BCUT2D eigenvalue weighted by atomic mass is 79.9. The van der Waals surface area contributed by atoms with Crippen molar-refractivity contribution in [2.45, 2.75) is 0 Å². The number of hydrogen-bond acceptors (Lipinski definition) is 1. The molecule has 1 nitrogen and oxygen atoms in total. The van der Waals surface area contributed by atoms with Gasteiger partial charge in [0, 0.05) is 10.9 Å². The maximum Gasteiger partial charge on any atom is 0.126 e. The number of para-hydroxylation sites is 1. The summed E-state index contributed by atoms with van der Waals surface area (Å²) in [7, 11) is 0. The SMILES string of the molecule is BrCCOc1ccccc1/C=C/c1ccccc1. The van der Waals surface area contributed by atoms with E-state index in [0.717, 1.165) is 16.6 Å². The van der Waals surface area contributed by atoms with Gasteiger partial charge in [-0.15, -0.1) is 0 Å². The molecule has 0 aliphatic rings. The Bertz CT molecular complexity index is 506. The second-order valence-corrected chi connectivity index (χ2v) is 4.61. The fraction of sp³-hybridized carbons (Fsp3) is 0.125. The molecule has 0 saturated heterocycles. The van der Waals surface area contributed by atoms with Crippen molar-refractivity contribution in [2.24, 2.45) is 0 Å². The van der Waals surface area contributed by atoms with E-state index in [2.05, 4.69) is 46.3 Å². The Morgan fingerprint density at radius 3 is 2.39 bits per heavy atom. The molecule has 2 aromatic rings. The lowest BCUT2D eigenvalue weighted by Gasteiger charge is -2.07. The standard InChI is InChI=1S/C16H15BrO/c17-12-13-18-16-9-5-4-8-15(16)11-10-14-6-2-1-3-7-14/h1-11H,12-13H2/b11-10+. The first-order valence-electron chi connectivity index (χ1n) is 5.91. The van der Waals surface area contributed by atoms with Crippen molar-refractivity contribution in [1.29, 1.82) is 0 Å². The molecule has 0 aliphatic carbocycles. The minimum Gasteiger partial charge on any atom is -0.492 e. The van der Waals surface area contributed by atoms with Crippen LogP contribution in [-0.2, 0) is 0 Å². The fourth-order valence-electron chi connectivity index (χ4n) is 1.65. The number of rotatable bonds is 5. The molecule has 0 atom stereocenters. The van der Waals surface area contributed by atoms with Gasteiger partial charge < -0.3 is 4.74 Å². The molecule has 2 heteroatoms. The van der Waals surface area contributed by atoms with Gasteiger partial charge in [-0.1, -0.05) is 76.6 Å². The molecule has 0 spiro atoms.